The molecular weight excluding hydrogens is 298 g/mol. The zero-order valence-electron chi connectivity index (χ0n) is 14.5. The molecule has 0 bridgehead atoms. The molecule has 0 unspecified atom stereocenters. The van der Waals surface area contributed by atoms with Crippen molar-refractivity contribution in [2.75, 3.05) is 13.7 Å². The summed E-state index contributed by atoms with van der Waals surface area (Å²) < 4.78 is 5.16. The Morgan fingerprint density at radius 2 is 1.75 bits per heavy atom. The lowest BCUT2D eigenvalue weighted by molar-refractivity contribution is 0.0983. The van der Waals surface area contributed by atoms with Gasteiger partial charge in [0, 0.05) is 29.8 Å². The minimum Gasteiger partial charge on any atom is -0.497 e. The molecule has 124 valence electrons. The Morgan fingerprint density at radius 1 is 1.08 bits per heavy atom. The number of benzene rings is 2. The van der Waals surface area contributed by atoms with Crippen molar-refractivity contribution >= 4 is 5.78 Å². The van der Waals surface area contributed by atoms with Crippen LogP contribution in [0.2, 0.25) is 0 Å². The molecule has 3 rings (SSSR count). The Kier molecular flexibility index (Phi) is 4.54. The highest BCUT2D eigenvalue weighted by atomic mass is 16.5. The molecule has 0 atom stereocenters. The van der Waals surface area contributed by atoms with Crippen molar-refractivity contribution in [1.82, 2.24) is 4.90 Å². The quantitative estimate of drug-likeness (QED) is 0.777. The molecule has 0 radical (unpaired) electrons. The molecular formula is C21H23NO2. The number of hydrogen-bond acceptors (Lipinski definition) is 3. The van der Waals surface area contributed by atoms with Crippen molar-refractivity contribution in [2.45, 2.75) is 25.9 Å². The van der Waals surface area contributed by atoms with Crippen LogP contribution in [0.3, 0.4) is 0 Å². The number of ether oxygens (including phenoxy) is 1. The van der Waals surface area contributed by atoms with Gasteiger partial charge in [-0.2, -0.15) is 0 Å². The molecule has 1 heterocycles. The Bertz CT molecular complexity index is 745. The van der Waals surface area contributed by atoms with Crippen molar-refractivity contribution in [3.05, 3.63) is 77.4 Å². The van der Waals surface area contributed by atoms with Gasteiger partial charge in [-0.15, -0.1) is 0 Å². The maximum Gasteiger partial charge on any atom is 0.190 e. The first kappa shape index (κ1) is 16.5. The summed E-state index contributed by atoms with van der Waals surface area (Å²) in [6, 6.07) is 17.7. The van der Waals surface area contributed by atoms with E-state index in [-0.39, 0.29) is 11.3 Å². The molecule has 0 saturated heterocycles. The average molecular weight is 321 g/mol. The van der Waals surface area contributed by atoms with E-state index in [1.54, 1.807) is 7.11 Å². The molecule has 3 nitrogen and oxygen atoms in total. The number of carbonyl (C=O) groups excluding carboxylic acids is 1. The summed E-state index contributed by atoms with van der Waals surface area (Å²) in [4.78, 5) is 15.3. The predicted molar refractivity (Wildman–Crippen MR) is 96.3 cm³/mol. The van der Waals surface area contributed by atoms with Gasteiger partial charge in [0.25, 0.3) is 0 Å². The third kappa shape index (κ3) is 3.13. The van der Waals surface area contributed by atoms with Gasteiger partial charge in [0.1, 0.15) is 5.75 Å². The van der Waals surface area contributed by atoms with Crippen LogP contribution < -0.4 is 4.74 Å². The van der Waals surface area contributed by atoms with E-state index >= 15 is 0 Å². The largest absolute Gasteiger partial charge is 0.497 e. The smallest absolute Gasteiger partial charge is 0.190 e. The maximum absolute atomic E-state index is 12.9. The number of hydrogen-bond donors (Lipinski definition) is 0. The highest BCUT2D eigenvalue weighted by Crippen LogP contribution is 2.33. The third-order valence-corrected chi connectivity index (χ3v) is 4.78. The van der Waals surface area contributed by atoms with Crippen LogP contribution >= 0.6 is 0 Å². The highest BCUT2D eigenvalue weighted by Gasteiger charge is 2.38. The van der Waals surface area contributed by atoms with E-state index in [1.165, 1.54) is 5.56 Å². The van der Waals surface area contributed by atoms with Crippen molar-refractivity contribution in [2.24, 2.45) is 0 Å². The van der Waals surface area contributed by atoms with Gasteiger partial charge in [-0.25, -0.2) is 0 Å². The first-order chi connectivity index (χ1) is 11.5. The molecule has 0 spiro atoms. The van der Waals surface area contributed by atoms with Crippen molar-refractivity contribution in [1.29, 1.82) is 0 Å². The number of rotatable bonds is 5. The molecule has 1 aliphatic heterocycles. The zero-order valence-corrected chi connectivity index (χ0v) is 14.5. The van der Waals surface area contributed by atoms with Gasteiger partial charge < -0.3 is 4.74 Å². The fourth-order valence-electron chi connectivity index (χ4n) is 3.18. The molecule has 24 heavy (non-hydrogen) atoms. The molecule has 2 aromatic rings. The number of carbonyl (C=O) groups is 1. The number of nitrogens with zero attached hydrogens (tertiary/aromatic N) is 1. The summed E-state index contributed by atoms with van der Waals surface area (Å²) in [5.74, 6) is 0.857. The van der Waals surface area contributed by atoms with Gasteiger partial charge in [0.05, 0.1) is 7.11 Å². The number of methoxy groups -OCH3 is 1. The van der Waals surface area contributed by atoms with Gasteiger partial charge in [0.2, 0.25) is 0 Å². The molecule has 0 aromatic heterocycles. The van der Waals surface area contributed by atoms with Crippen LogP contribution in [0.4, 0.5) is 0 Å². The van der Waals surface area contributed by atoms with Crippen LogP contribution in [-0.4, -0.2) is 29.9 Å². The SMILES string of the molecule is COc1ccc(C(=O)C2=CCN(Cc3ccccc3)C2(C)C)cc1. The van der Waals surface area contributed by atoms with Crippen LogP contribution in [0.5, 0.6) is 5.75 Å². The summed E-state index contributed by atoms with van der Waals surface area (Å²) in [5.41, 5.74) is 2.55. The van der Waals surface area contributed by atoms with Gasteiger partial charge in [-0.1, -0.05) is 36.4 Å². The van der Waals surface area contributed by atoms with Gasteiger partial charge in [-0.3, -0.25) is 9.69 Å². The molecule has 0 N–H and O–H groups in total. The van der Waals surface area contributed by atoms with E-state index in [4.69, 9.17) is 4.74 Å². The van der Waals surface area contributed by atoms with Crippen LogP contribution in [0, 0.1) is 0 Å². The van der Waals surface area contributed by atoms with Crippen molar-refractivity contribution in [3.8, 4) is 5.75 Å². The third-order valence-electron chi connectivity index (χ3n) is 4.78. The monoisotopic (exact) mass is 321 g/mol. The van der Waals surface area contributed by atoms with Crippen LogP contribution in [0.15, 0.2) is 66.2 Å². The van der Waals surface area contributed by atoms with Crippen LogP contribution in [-0.2, 0) is 6.54 Å². The highest BCUT2D eigenvalue weighted by molar-refractivity contribution is 6.10. The minimum absolute atomic E-state index is 0.0956. The Hall–Kier alpha value is -2.39. The molecule has 0 amide bonds. The Balaban J connectivity index is 1.77. The van der Waals surface area contributed by atoms with Crippen molar-refractivity contribution < 1.29 is 9.53 Å². The standard InChI is InChI=1S/C21H23NO2/c1-21(2)19(20(23)17-9-11-18(24-3)12-10-17)13-14-22(21)15-16-7-5-4-6-8-16/h4-13H,14-15H2,1-3H3. The predicted octanol–water partition coefficient (Wildman–Crippen LogP) is 4.10. The lowest BCUT2D eigenvalue weighted by Gasteiger charge is -2.34. The second-order valence-corrected chi connectivity index (χ2v) is 6.60. The lowest BCUT2D eigenvalue weighted by Crippen LogP contribution is -2.42. The summed E-state index contributed by atoms with van der Waals surface area (Å²) in [6.07, 6.45) is 2.06. The first-order valence-corrected chi connectivity index (χ1v) is 8.21. The van der Waals surface area contributed by atoms with E-state index in [1.807, 2.05) is 30.3 Å². The normalized spacial score (nSPS) is 16.7. The molecule has 0 fully saturated rings. The second-order valence-electron chi connectivity index (χ2n) is 6.60. The molecule has 2 aromatic carbocycles. The Morgan fingerprint density at radius 3 is 2.38 bits per heavy atom. The molecule has 0 aliphatic carbocycles. The topological polar surface area (TPSA) is 29.5 Å². The van der Waals surface area contributed by atoms with Gasteiger partial charge >= 0.3 is 0 Å². The first-order valence-electron chi connectivity index (χ1n) is 8.21. The zero-order chi connectivity index (χ0) is 17.2. The summed E-state index contributed by atoms with van der Waals surface area (Å²) in [5, 5.41) is 0. The van der Waals surface area contributed by atoms with Gasteiger partial charge in [0.15, 0.2) is 5.78 Å². The molecule has 1 aliphatic rings. The molecule has 0 saturated carbocycles. The van der Waals surface area contributed by atoms with Crippen LogP contribution in [0.25, 0.3) is 0 Å². The molecule has 3 heteroatoms. The average Bonchev–Trinajstić information content (AvgIpc) is 2.90. The fourth-order valence-corrected chi connectivity index (χ4v) is 3.18. The lowest BCUT2D eigenvalue weighted by atomic mass is 9.88. The van der Waals surface area contributed by atoms with E-state index in [2.05, 4.69) is 49.1 Å². The number of Topliss-reactive ketones (excluding diaryl/α,β-unsaturated/α-hetero) is 1. The van der Waals surface area contributed by atoms with Crippen LogP contribution in [0.1, 0.15) is 29.8 Å². The van der Waals surface area contributed by atoms with E-state index in [0.717, 1.165) is 24.4 Å². The van der Waals surface area contributed by atoms with E-state index in [9.17, 15) is 4.79 Å². The second kappa shape index (κ2) is 6.62. The van der Waals surface area contributed by atoms with E-state index < -0.39 is 0 Å². The van der Waals surface area contributed by atoms with Gasteiger partial charge in [-0.05, 0) is 43.7 Å². The summed E-state index contributed by atoms with van der Waals surface area (Å²) in [7, 11) is 1.63. The maximum atomic E-state index is 12.9. The fraction of sp³-hybridized carbons (Fsp3) is 0.286. The van der Waals surface area contributed by atoms with E-state index in [0.29, 0.717) is 5.56 Å². The summed E-state index contributed by atoms with van der Waals surface area (Å²) >= 11 is 0. The Labute approximate surface area is 143 Å². The summed E-state index contributed by atoms with van der Waals surface area (Å²) in [6.45, 7) is 5.87. The minimum atomic E-state index is -0.285. The number of ketones is 1. The van der Waals surface area contributed by atoms with Crippen molar-refractivity contribution in [3.63, 3.8) is 0 Å².